The van der Waals surface area contributed by atoms with Crippen LogP contribution < -0.4 is 0 Å². The second-order valence-corrected chi connectivity index (χ2v) is 20.8. The van der Waals surface area contributed by atoms with Gasteiger partial charge in [-0.3, -0.25) is 18.6 Å². The topological polar surface area (TPSA) is 108 Å². The number of carbonyl (C=O) groups is 2. The summed E-state index contributed by atoms with van der Waals surface area (Å²) in [5.41, 5.74) is 0. The van der Waals surface area contributed by atoms with Crippen molar-refractivity contribution in [2.45, 2.75) is 316 Å². The van der Waals surface area contributed by atoms with Crippen molar-refractivity contribution in [3.8, 4) is 0 Å². The molecular formula is C56H109O8P. The highest BCUT2D eigenvalue weighted by Crippen LogP contribution is 2.43. The molecule has 2 atom stereocenters. The molecule has 0 heterocycles. The van der Waals surface area contributed by atoms with Crippen molar-refractivity contribution in [2.75, 3.05) is 19.8 Å². The van der Waals surface area contributed by atoms with Gasteiger partial charge in [-0.25, -0.2) is 4.57 Å². The Morgan fingerprint density at radius 2 is 0.692 bits per heavy atom. The zero-order valence-electron chi connectivity index (χ0n) is 43.4. The van der Waals surface area contributed by atoms with E-state index in [0.29, 0.717) is 6.42 Å². The third-order valence-electron chi connectivity index (χ3n) is 12.8. The number of carbonyl (C=O) groups excluding carboxylic acids is 2. The van der Waals surface area contributed by atoms with E-state index in [9.17, 15) is 19.0 Å². The minimum Gasteiger partial charge on any atom is -0.462 e. The Labute approximate surface area is 403 Å². The second kappa shape index (κ2) is 52.2. The number of phosphoric ester groups is 1. The van der Waals surface area contributed by atoms with Crippen LogP contribution in [0, 0.1) is 0 Å². The lowest BCUT2D eigenvalue weighted by molar-refractivity contribution is -0.161. The average Bonchev–Trinajstić information content (AvgIpc) is 3.29. The molecule has 0 spiro atoms. The molecule has 9 heteroatoms. The molecule has 0 amide bonds. The van der Waals surface area contributed by atoms with E-state index in [2.05, 4.69) is 26.0 Å². The van der Waals surface area contributed by atoms with Gasteiger partial charge in [0.25, 0.3) is 0 Å². The van der Waals surface area contributed by atoms with Crippen molar-refractivity contribution >= 4 is 19.8 Å². The van der Waals surface area contributed by atoms with E-state index in [1.807, 2.05) is 0 Å². The number of hydrogen-bond donors (Lipinski definition) is 1. The van der Waals surface area contributed by atoms with Gasteiger partial charge in [0.1, 0.15) is 6.61 Å². The molecule has 0 aliphatic carbocycles. The van der Waals surface area contributed by atoms with Crippen LogP contribution in [0.5, 0.6) is 0 Å². The Kier molecular flexibility index (Phi) is 51.2. The standard InChI is InChI=1S/C56H109O8P/c1-4-7-9-11-13-15-17-19-21-23-25-27-29-31-33-35-37-39-41-43-45-47-49-51-56(58)64-54(53-63-65(59,60)62-6-3)52-61-55(57)50-48-46-44-42-40-38-36-34-32-30-28-26-24-22-20-18-16-14-12-10-8-5-2/h23,25,54H,4-22,24,26-53H2,1-3H3,(H,59,60)/b25-23-. The highest BCUT2D eigenvalue weighted by molar-refractivity contribution is 7.47. The van der Waals surface area contributed by atoms with Gasteiger partial charge in [0.05, 0.1) is 13.2 Å². The summed E-state index contributed by atoms with van der Waals surface area (Å²) in [5, 5.41) is 0. The molecule has 2 unspecified atom stereocenters. The van der Waals surface area contributed by atoms with Gasteiger partial charge >= 0.3 is 19.8 Å². The van der Waals surface area contributed by atoms with Gasteiger partial charge in [-0.15, -0.1) is 0 Å². The first-order valence-electron chi connectivity index (χ1n) is 28.5. The maximum Gasteiger partial charge on any atom is 0.472 e. The summed E-state index contributed by atoms with van der Waals surface area (Å²) in [7, 11) is -4.28. The Morgan fingerprint density at radius 1 is 0.400 bits per heavy atom. The first kappa shape index (κ1) is 63.8. The van der Waals surface area contributed by atoms with Gasteiger partial charge in [0.15, 0.2) is 6.10 Å². The molecule has 0 bridgehead atoms. The molecule has 0 aliphatic rings. The molecule has 0 radical (unpaired) electrons. The molecule has 8 nitrogen and oxygen atoms in total. The van der Waals surface area contributed by atoms with E-state index in [-0.39, 0.29) is 32.2 Å². The lowest BCUT2D eigenvalue weighted by Gasteiger charge is -2.19. The second-order valence-electron chi connectivity index (χ2n) is 19.3. The fourth-order valence-corrected chi connectivity index (χ4v) is 9.38. The van der Waals surface area contributed by atoms with Crippen molar-refractivity contribution < 1.29 is 37.6 Å². The maximum absolute atomic E-state index is 12.7. The van der Waals surface area contributed by atoms with Crippen molar-refractivity contribution in [1.82, 2.24) is 0 Å². The number of hydrogen-bond acceptors (Lipinski definition) is 7. The Morgan fingerprint density at radius 3 is 1.02 bits per heavy atom. The predicted octanol–water partition coefficient (Wildman–Crippen LogP) is 18.7. The molecule has 0 saturated carbocycles. The van der Waals surface area contributed by atoms with Crippen LogP contribution in [-0.2, 0) is 32.7 Å². The van der Waals surface area contributed by atoms with Crippen LogP contribution in [0.15, 0.2) is 12.2 Å². The molecule has 0 aromatic rings. The summed E-state index contributed by atoms with van der Waals surface area (Å²) < 4.78 is 32.9. The van der Waals surface area contributed by atoms with E-state index in [4.69, 9.17) is 18.5 Å². The number of ether oxygens (including phenoxy) is 2. The minimum atomic E-state index is -4.28. The van der Waals surface area contributed by atoms with Crippen molar-refractivity contribution in [1.29, 1.82) is 0 Å². The molecule has 1 N–H and O–H groups in total. The van der Waals surface area contributed by atoms with E-state index in [0.717, 1.165) is 38.5 Å². The predicted molar refractivity (Wildman–Crippen MR) is 276 cm³/mol. The highest BCUT2D eigenvalue weighted by Gasteiger charge is 2.25. The average molecular weight is 941 g/mol. The van der Waals surface area contributed by atoms with Crippen LogP contribution in [0.25, 0.3) is 0 Å². The number of esters is 2. The van der Waals surface area contributed by atoms with E-state index < -0.39 is 19.9 Å². The summed E-state index contributed by atoms with van der Waals surface area (Å²) in [6.07, 6.45) is 60.0. The fraction of sp³-hybridized carbons (Fsp3) is 0.929. The number of phosphoric acid groups is 1. The van der Waals surface area contributed by atoms with Gasteiger partial charge < -0.3 is 14.4 Å². The van der Waals surface area contributed by atoms with Gasteiger partial charge in [-0.2, -0.15) is 0 Å². The summed E-state index contributed by atoms with van der Waals surface area (Å²) in [5.74, 6) is -0.777. The Hall–Kier alpha value is -1.21. The lowest BCUT2D eigenvalue weighted by atomic mass is 10.0. The molecule has 0 saturated heterocycles. The SMILES string of the molecule is CCCCCCCCCC/C=C\CCCCCCCCCCCCCC(=O)OC(COC(=O)CCCCCCCCCCCCCCCCCCCCCCCC)COP(=O)(O)OCC. The van der Waals surface area contributed by atoms with Crippen LogP contribution >= 0.6 is 7.82 Å². The molecule has 0 rings (SSSR count). The summed E-state index contributed by atoms with van der Waals surface area (Å²) in [6, 6.07) is 0. The molecule has 0 aromatic heterocycles. The van der Waals surface area contributed by atoms with Crippen molar-refractivity contribution in [3.63, 3.8) is 0 Å². The first-order valence-corrected chi connectivity index (χ1v) is 30.0. The van der Waals surface area contributed by atoms with Crippen LogP contribution in [0.4, 0.5) is 0 Å². The third-order valence-corrected chi connectivity index (χ3v) is 13.9. The molecule has 65 heavy (non-hydrogen) atoms. The van der Waals surface area contributed by atoms with Crippen LogP contribution in [0.1, 0.15) is 310 Å². The largest absolute Gasteiger partial charge is 0.472 e. The van der Waals surface area contributed by atoms with E-state index in [1.165, 1.54) is 238 Å². The zero-order valence-corrected chi connectivity index (χ0v) is 44.3. The monoisotopic (exact) mass is 941 g/mol. The molecule has 0 fully saturated rings. The number of unbranched alkanes of at least 4 members (excludes halogenated alkanes) is 40. The minimum absolute atomic E-state index is 0.00426. The Balaban J connectivity index is 3.88. The van der Waals surface area contributed by atoms with Gasteiger partial charge in [-0.05, 0) is 45.4 Å². The fourth-order valence-electron chi connectivity index (χ4n) is 8.63. The third kappa shape index (κ3) is 52.0. The summed E-state index contributed by atoms with van der Waals surface area (Å²) >= 11 is 0. The van der Waals surface area contributed by atoms with Gasteiger partial charge in [0.2, 0.25) is 0 Å². The number of rotatable bonds is 54. The van der Waals surface area contributed by atoms with Crippen molar-refractivity contribution in [3.05, 3.63) is 12.2 Å². The summed E-state index contributed by atoms with van der Waals surface area (Å²) in [6.45, 7) is 5.56. The van der Waals surface area contributed by atoms with Gasteiger partial charge in [0, 0.05) is 12.8 Å². The Bertz CT molecular complexity index is 1070. The zero-order chi connectivity index (χ0) is 47.4. The van der Waals surface area contributed by atoms with Gasteiger partial charge in [-0.1, -0.05) is 264 Å². The quantitative estimate of drug-likeness (QED) is 0.0278. The van der Waals surface area contributed by atoms with Crippen LogP contribution in [-0.4, -0.2) is 42.8 Å². The van der Waals surface area contributed by atoms with E-state index >= 15 is 0 Å². The van der Waals surface area contributed by atoms with E-state index in [1.54, 1.807) is 6.92 Å². The lowest BCUT2D eigenvalue weighted by Crippen LogP contribution is -2.29. The molecular weight excluding hydrogens is 832 g/mol. The van der Waals surface area contributed by atoms with Crippen LogP contribution in [0.2, 0.25) is 0 Å². The normalized spacial score (nSPS) is 13.1. The molecule has 0 aromatic carbocycles. The maximum atomic E-state index is 12.7. The number of allylic oxidation sites excluding steroid dienone is 2. The smallest absolute Gasteiger partial charge is 0.462 e. The molecule has 0 aliphatic heterocycles. The highest BCUT2D eigenvalue weighted by atomic mass is 31.2. The van der Waals surface area contributed by atoms with Crippen LogP contribution in [0.3, 0.4) is 0 Å². The summed E-state index contributed by atoms with van der Waals surface area (Å²) in [4.78, 5) is 35.0. The first-order chi connectivity index (χ1) is 31.8. The molecule has 386 valence electrons. The van der Waals surface area contributed by atoms with Crippen molar-refractivity contribution in [2.24, 2.45) is 0 Å².